The van der Waals surface area contributed by atoms with Crippen molar-refractivity contribution in [2.75, 3.05) is 31.4 Å². The van der Waals surface area contributed by atoms with Gasteiger partial charge in [-0.1, -0.05) is 0 Å². The van der Waals surface area contributed by atoms with Gasteiger partial charge in [-0.05, 0) is 55.5 Å². The van der Waals surface area contributed by atoms with Crippen molar-refractivity contribution < 1.29 is 19.1 Å². The van der Waals surface area contributed by atoms with Crippen molar-refractivity contribution in [2.24, 2.45) is 0 Å². The molecule has 0 heterocycles. The number of benzene rings is 2. The molecule has 0 unspecified atom stereocenters. The minimum Gasteiger partial charge on any atom is -0.497 e. The Hall–Kier alpha value is -3.02. The number of anilines is 2. The molecule has 0 spiro atoms. The zero-order valence-electron chi connectivity index (χ0n) is 14.8. The molecule has 0 fully saturated rings. The number of amides is 1. The lowest BCUT2D eigenvalue weighted by Gasteiger charge is -2.15. The summed E-state index contributed by atoms with van der Waals surface area (Å²) in [4.78, 5) is 26.2. The Morgan fingerprint density at radius 3 is 2.12 bits per heavy atom. The van der Waals surface area contributed by atoms with Crippen LogP contribution in [-0.4, -0.2) is 39.2 Å². The summed E-state index contributed by atoms with van der Waals surface area (Å²) in [7, 11) is 5.42. The predicted octanol–water partition coefficient (Wildman–Crippen LogP) is 2.95. The van der Waals surface area contributed by atoms with Crippen molar-refractivity contribution in [3.63, 3.8) is 0 Å². The van der Waals surface area contributed by atoms with Crippen LogP contribution < -0.4 is 15.0 Å². The van der Waals surface area contributed by atoms with Gasteiger partial charge in [0.05, 0.1) is 12.7 Å². The van der Waals surface area contributed by atoms with E-state index in [-0.39, 0.29) is 5.91 Å². The Labute approximate surface area is 147 Å². The third kappa shape index (κ3) is 4.97. The third-order valence-electron chi connectivity index (χ3n) is 3.63. The average Bonchev–Trinajstić information content (AvgIpc) is 2.62. The number of hydrogen-bond acceptors (Lipinski definition) is 5. The largest absolute Gasteiger partial charge is 0.497 e. The second-order valence-electron chi connectivity index (χ2n) is 5.71. The molecule has 6 nitrogen and oxygen atoms in total. The summed E-state index contributed by atoms with van der Waals surface area (Å²) in [6, 6.07) is 13.9. The van der Waals surface area contributed by atoms with Gasteiger partial charge in [-0.3, -0.25) is 4.79 Å². The molecule has 1 N–H and O–H groups in total. The lowest BCUT2D eigenvalue weighted by Crippen LogP contribution is -2.30. The van der Waals surface area contributed by atoms with Crippen LogP contribution >= 0.6 is 0 Å². The number of nitrogens with one attached hydrogen (secondary N) is 1. The number of carbonyl (C=O) groups is 2. The number of carbonyl (C=O) groups excluding carboxylic acids is 2. The van der Waals surface area contributed by atoms with Crippen LogP contribution in [0.25, 0.3) is 0 Å². The van der Waals surface area contributed by atoms with Gasteiger partial charge in [0, 0.05) is 25.5 Å². The second-order valence-corrected chi connectivity index (χ2v) is 5.71. The summed E-state index contributed by atoms with van der Waals surface area (Å²) in [5.74, 6) is -0.309. The van der Waals surface area contributed by atoms with Crippen LogP contribution in [0.2, 0.25) is 0 Å². The van der Waals surface area contributed by atoms with E-state index in [4.69, 9.17) is 9.47 Å². The summed E-state index contributed by atoms with van der Waals surface area (Å²) in [5.41, 5.74) is 2.02. The van der Waals surface area contributed by atoms with E-state index in [0.717, 1.165) is 5.69 Å². The van der Waals surface area contributed by atoms with Gasteiger partial charge in [0.15, 0.2) is 6.10 Å². The summed E-state index contributed by atoms with van der Waals surface area (Å²) < 4.78 is 10.2. The third-order valence-corrected chi connectivity index (χ3v) is 3.63. The lowest BCUT2D eigenvalue weighted by molar-refractivity contribution is -0.123. The molecule has 132 valence electrons. The minimum atomic E-state index is -0.914. The molecule has 2 aromatic rings. The minimum absolute atomic E-state index is 0.357. The molecule has 2 rings (SSSR count). The molecule has 0 aliphatic rings. The Morgan fingerprint density at radius 2 is 1.60 bits per heavy atom. The number of rotatable bonds is 6. The van der Waals surface area contributed by atoms with Gasteiger partial charge in [-0.2, -0.15) is 0 Å². The maximum atomic E-state index is 12.2. The van der Waals surface area contributed by atoms with Crippen molar-refractivity contribution >= 4 is 23.3 Å². The van der Waals surface area contributed by atoms with Gasteiger partial charge in [-0.15, -0.1) is 0 Å². The predicted molar refractivity (Wildman–Crippen MR) is 97.3 cm³/mol. The maximum Gasteiger partial charge on any atom is 0.338 e. The average molecular weight is 342 g/mol. The van der Waals surface area contributed by atoms with E-state index < -0.39 is 12.1 Å². The molecule has 2 aromatic carbocycles. The van der Waals surface area contributed by atoms with Crippen LogP contribution in [0.1, 0.15) is 17.3 Å². The summed E-state index contributed by atoms with van der Waals surface area (Å²) in [6.07, 6.45) is -0.914. The molecule has 0 aromatic heterocycles. The lowest BCUT2D eigenvalue weighted by atomic mass is 10.2. The van der Waals surface area contributed by atoms with Crippen molar-refractivity contribution in [1.29, 1.82) is 0 Å². The van der Waals surface area contributed by atoms with Crippen LogP contribution in [0, 0.1) is 0 Å². The topological polar surface area (TPSA) is 67.9 Å². The van der Waals surface area contributed by atoms with Gasteiger partial charge in [0.2, 0.25) is 0 Å². The number of ether oxygens (including phenoxy) is 2. The highest BCUT2D eigenvalue weighted by Crippen LogP contribution is 2.16. The van der Waals surface area contributed by atoms with Gasteiger partial charge in [-0.25, -0.2) is 4.79 Å². The first-order valence-corrected chi connectivity index (χ1v) is 7.84. The first-order chi connectivity index (χ1) is 11.9. The summed E-state index contributed by atoms with van der Waals surface area (Å²) in [5, 5.41) is 2.73. The fourth-order valence-electron chi connectivity index (χ4n) is 2.10. The Bertz CT molecular complexity index is 724. The first-order valence-electron chi connectivity index (χ1n) is 7.84. The van der Waals surface area contributed by atoms with E-state index in [2.05, 4.69) is 5.32 Å². The summed E-state index contributed by atoms with van der Waals surface area (Å²) in [6.45, 7) is 1.53. The Kier molecular flexibility index (Phi) is 6.00. The Balaban J connectivity index is 1.93. The van der Waals surface area contributed by atoms with Gasteiger partial charge < -0.3 is 19.7 Å². The maximum absolute atomic E-state index is 12.2. The van der Waals surface area contributed by atoms with E-state index in [1.807, 2.05) is 31.1 Å². The highest BCUT2D eigenvalue weighted by Gasteiger charge is 2.19. The van der Waals surface area contributed by atoms with Crippen LogP contribution in [0.4, 0.5) is 11.4 Å². The molecule has 6 heteroatoms. The first kappa shape index (κ1) is 18.3. The molecule has 0 aliphatic carbocycles. The van der Waals surface area contributed by atoms with E-state index in [0.29, 0.717) is 17.0 Å². The van der Waals surface area contributed by atoms with Gasteiger partial charge >= 0.3 is 5.97 Å². The number of methoxy groups -OCH3 is 1. The number of hydrogen-bond donors (Lipinski definition) is 1. The fraction of sp³-hybridized carbons (Fsp3) is 0.263. The highest BCUT2D eigenvalue weighted by molar-refractivity contribution is 5.97. The van der Waals surface area contributed by atoms with E-state index in [1.165, 1.54) is 6.92 Å². The molecule has 0 saturated heterocycles. The SMILES string of the molecule is COc1ccc(C(=O)O[C@@H](C)C(=O)Nc2ccc(N(C)C)cc2)cc1. The van der Waals surface area contributed by atoms with E-state index in [9.17, 15) is 9.59 Å². The monoisotopic (exact) mass is 342 g/mol. The molecular formula is C19H22N2O4. The highest BCUT2D eigenvalue weighted by atomic mass is 16.5. The van der Waals surface area contributed by atoms with Crippen molar-refractivity contribution in [2.45, 2.75) is 13.0 Å². The van der Waals surface area contributed by atoms with Crippen molar-refractivity contribution in [3.8, 4) is 5.75 Å². The van der Waals surface area contributed by atoms with Crippen LogP contribution in [0.15, 0.2) is 48.5 Å². The molecular weight excluding hydrogens is 320 g/mol. The normalized spacial score (nSPS) is 11.4. The molecule has 25 heavy (non-hydrogen) atoms. The van der Waals surface area contributed by atoms with Gasteiger partial charge in [0.1, 0.15) is 5.75 Å². The zero-order valence-corrected chi connectivity index (χ0v) is 14.8. The zero-order chi connectivity index (χ0) is 18.4. The van der Waals surface area contributed by atoms with Crippen molar-refractivity contribution in [3.05, 3.63) is 54.1 Å². The molecule has 0 bridgehead atoms. The summed E-state index contributed by atoms with van der Waals surface area (Å²) >= 11 is 0. The smallest absolute Gasteiger partial charge is 0.338 e. The molecule has 1 amide bonds. The molecule has 0 saturated carbocycles. The van der Waals surface area contributed by atoms with E-state index >= 15 is 0 Å². The molecule has 1 atom stereocenters. The standard InChI is InChI=1S/C19H22N2O4/c1-13(25-19(23)14-5-11-17(24-4)12-6-14)18(22)20-15-7-9-16(10-8-15)21(2)3/h5-13H,1-4H3,(H,20,22)/t13-/m0/s1. The number of nitrogens with zero attached hydrogens (tertiary/aromatic N) is 1. The van der Waals surface area contributed by atoms with Crippen LogP contribution in [0.5, 0.6) is 5.75 Å². The molecule has 0 aliphatic heterocycles. The van der Waals surface area contributed by atoms with Crippen LogP contribution in [-0.2, 0) is 9.53 Å². The van der Waals surface area contributed by atoms with Crippen LogP contribution in [0.3, 0.4) is 0 Å². The van der Waals surface area contributed by atoms with E-state index in [1.54, 1.807) is 43.5 Å². The fourth-order valence-corrected chi connectivity index (χ4v) is 2.10. The second kappa shape index (κ2) is 8.19. The number of esters is 1. The molecule has 0 radical (unpaired) electrons. The Morgan fingerprint density at radius 1 is 1.00 bits per heavy atom. The quantitative estimate of drug-likeness (QED) is 0.818. The van der Waals surface area contributed by atoms with Gasteiger partial charge in [0.25, 0.3) is 5.91 Å². The van der Waals surface area contributed by atoms with Crippen molar-refractivity contribution in [1.82, 2.24) is 0 Å².